The maximum Gasteiger partial charge on any atom is 0.0540 e. The van der Waals surface area contributed by atoms with Gasteiger partial charge >= 0.3 is 0 Å². The Labute approximate surface area is 87.3 Å². The second-order valence-electron chi connectivity index (χ2n) is 4.58. The fourth-order valence-electron chi connectivity index (χ4n) is 2.16. The highest BCUT2D eigenvalue weighted by molar-refractivity contribution is 4.63. The van der Waals surface area contributed by atoms with E-state index in [9.17, 15) is 0 Å². The van der Waals surface area contributed by atoms with Gasteiger partial charge in [-0.05, 0) is 25.7 Å². The van der Waals surface area contributed by atoms with E-state index in [0.29, 0.717) is 0 Å². The van der Waals surface area contributed by atoms with Crippen LogP contribution in [0, 0.1) is 0 Å². The van der Waals surface area contributed by atoms with Gasteiger partial charge in [0.05, 0.1) is 12.2 Å². The Morgan fingerprint density at radius 3 is 1.14 bits per heavy atom. The van der Waals surface area contributed by atoms with Gasteiger partial charge in [0.2, 0.25) is 0 Å². The summed E-state index contributed by atoms with van der Waals surface area (Å²) in [5.41, 5.74) is 0. The maximum absolute atomic E-state index is 9.09. The zero-order valence-corrected chi connectivity index (χ0v) is 9.12. The SMILES string of the molecule is OC1CCCC1.OC1CCCCCC1. The van der Waals surface area contributed by atoms with Crippen molar-refractivity contribution in [2.45, 2.75) is 76.4 Å². The quantitative estimate of drug-likeness (QED) is 0.590. The average Bonchev–Trinajstić information content (AvgIpc) is 2.51. The summed E-state index contributed by atoms with van der Waals surface area (Å²) >= 11 is 0. The van der Waals surface area contributed by atoms with Crippen molar-refractivity contribution in [3.63, 3.8) is 0 Å². The Bertz CT molecular complexity index is 122. The maximum atomic E-state index is 9.09. The van der Waals surface area contributed by atoms with Crippen LogP contribution in [0.1, 0.15) is 64.2 Å². The highest BCUT2D eigenvalue weighted by Gasteiger charge is 2.09. The van der Waals surface area contributed by atoms with Crippen LogP contribution in [0.25, 0.3) is 0 Å². The molecule has 2 heteroatoms. The van der Waals surface area contributed by atoms with E-state index in [-0.39, 0.29) is 12.2 Å². The topological polar surface area (TPSA) is 40.5 Å². The Morgan fingerprint density at radius 1 is 0.500 bits per heavy atom. The molecule has 0 aromatic heterocycles. The minimum absolute atomic E-state index is 0.0255. The number of hydrogen-bond donors (Lipinski definition) is 2. The highest BCUT2D eigenvalue weighted by atomic mass is 16.3. The zero-order valence-electron chi connectivity index (χ0n) is 9.12. The molecule has 2 nitrogen and oxygen atoms in total. The van der Waals surface area contributed by atoms with E-state index < -0.39 is 0 Å². The van der Waals surface area contributed by atoms with E-state index in [0.717, 1.165) is 25.7 Å². The Hall–Kier alpha value is -0.0800. The molecule has 0 bridgehead atoms. The first kappa shape index (κ1) is 12.0. The minimum Gasteiger partial charge on any atom is -0.393 e. The molecular formula is C12H24O2. The lowest BCUT2D eigenvalue weighted by molar-refractivity contribution is 0.157. The molecule has 0 aromatic rings. The molecule has 0 radical (unpaired) electrons. The van der Waals surface area contributed by atoms with Crippen LogP contribution in [0.5, 0.6) is 0 Å². The monoisotopic (exact) mass is 200 g/mol. The summed E-state index contributed by atoms with van der Waals surface area (Å²) in [7, 11) is 0. The first-order valence-electron chi connectivity index (χ1n) is 6.15. The van der Waals surface area contributed by atoms with Crippen molar-refractivity contribution in [2.24, 2.45) is 0 Å². The number of aliphatic hydroxyl groups is 2. The first-order chi connectivity index (χ1) is 6.79. The number of rotatable bonds is 0. The molecule has 0 atom stereocenters. The molecular weight excluding hydrogens is 176 g/mol. The largest absolute Gasteiger partial charge is 0.393 e. The molecule has 2 fully saturated rings. The second-order valence-corrected chi connectivity index (χ2v) is 4.58. The highest BCUT2D eigenvalue weighted by Crippen LogP contribution is 2.16. The summed E-state index contributed by atoms with van der Waals surface area (Å²) in [6, 6.07) is 0. The molecule has 2 aliphatic rings. The molecule has 2 N–H and O–H groups in total. The molecule has 2 saturated carbocycles. The fourth-order valence-corrected chi connectivity index (χ4v) is 2.16. The molecule has 14 heavy (non-hydrogen) atoms. The lowest BCUT2D eigenvalue weighted by atomic mass is 10.2. The van der Waals surface area contributed by atoms with Gasteiger partial charge in [-0.2, -0.15) is 0 Å². The van der Waals surface area contributed by atoms with E-state index in [1.165, 1.54) is 38.5 Å². The van der Waals surface area contributed by atoms with E-state index in [1.807, 2.05) is 0 Å². The van der Waals surface area contributed by atoms with Gasteiger partial charge in [0.15, 0.2) is 0 Å². The molecule has 0 heterocycles. The van der Waals surface area contributed by atoms with Gasteiger partial charge in [-0.1, -0.05) is 38.5 Å². The van der Waals surface area contributed by atoms with Gasteiger partial charge < -0.3 is 10.2 Å². The molecule has 2 aliphatic carbocycles. The summed E-state index contributed by atoms with van der Waals surface area (Å²) in [5.74, 6) is 0. The fraction of sp³-hybridized carbons (Fsp3) is 1.00. The third-order valence-electron chi connectivity index (χ3n) is 3.15. The zero-order chi connectivity index (χ0) is 10.2. The second kappa shape index (κ2) is 7.24. The van der Waals surface area contributed by atoms with Crippen LogP contribution >= 0.6 is 0 Å². The standard InChI is InChI=1S/C7H14O.C5H10O/c8-7-5-3-1-2-4-6-7;6-5-3-1-2-4-5/h7-8H,1-6H2;5-6H,1-4H2. The predicted molar refractivity (Wildman–Crippen MR) is 58.2 cm³/mol. The van der Waals surface area contributed by atoms with Crippen molar-refractivity contribution in [1.29, 1.82) is 0 Å². The van der Waals surface area contributed by atoms with Crippen LogP contribution in [0.3, 0.4) is 0 Å². The summed E-state index contributed by atoms with van der Waals surface area (Å²) in [5, 5.41) is 17.8. The number of aliphatic hydroxyl groups excluding tert-OH is 2. The molecule has 0 aromatic carbocycles. The lowest BCUT2D eigenvalue weighted by Crippen LogP contribution is -2.02. The third-order valence-corrected chi connectivity index (χ3v) is 3.15. The van der Waals surface area contributed by atoms with Crippen LogP contribution in [0.4, 0.5) is 0 Å². The van der Waals surface area contributed by atoms with E-state index >= 15 is 0 Å². The Morgan fingerprint density at radius 2 is 0.786 bits per heavy atom. The van der Waals surface area contributed by atoms with Crippen molar-refractivity contribution < 1.29 is 10.2 Å². The summed E-state index contributed by atoms with van der Waals surface area (Å²) in [6.07, 6.45) is 11.8. The summed E-state index contributed by atoms with van der Waals surface area (Å²) < 4.78 is 0. The van der Waals surface area contributed by atoms with Gasteiger partial charge in [-0.25, -0.2) is 0 Å². The van der Waals surface area contributed by atoms with Crippen LogP contribution in [0.15, 0.2) is 0 Å². The van der Waals surface area contributed by atoms with Gasteiger partial charge in [-0.15, -0.1) is 0 Å². The van der Waals surface area contributed by atoms with Crippen LogP contribution < -0.4 is 0 Å². The van der Waals surface area contributed by atoms with E-state index in [1.54, 1.807) is 0 Å². The molecule has 84 valence electrons. The summed E-state index contributed by atoms with van der Waals surface area (Å²) in [6.45, 7) is 0. The van der Waals surface area contributed by atoms with Gasteiger partial charge in [-0.3, -0.25) is 0 Å². The normalized spacial score (nSPS) is 25.3. The smallest absolute Gasteiger partial charge is 0.0540 e. The van der Waals surface area contributed by atoms with Crippen LogP contribution in [-0.4, -0.2) is 22.4 Å². The van der Waals surface area contributed by atoms with Gasteiger partial charge in [0.1, 0.15) is 0 Å². The molecule has 0 spiro atoms. The lowest BCUT2D eigenvalue weighted by Gasteiger charge is -2.02. The van der Waals surface area contributed by atoms with E-state index in [4.69, 9.17) is 10.2 Å². The molecule has 0 unspecified atom stereocenters. The molecule has 0 amide bonds. The Kier molecular flexibility index (Phi) is 6.20. The van der Waals surface area contributed by atoms with Crippen LogP contribution in [-0.2, 0) is 0 Å². The number of hydrogen-bond acceptors (Lipinski definition) is 2. The third kappa shape index (κ3) is 5.61. The summed E-state index contributed by atoms with van der Waals surface area (Å²) in [4.78, 5) is 0. The van der Waals surface area contributed by atoms with Gasteiger partial charge in [0, 0.05) is 0 Å². The van der Waals surface area contributed by atoms with Crippen LogP contribution in [0.2, 0.25) is 0 Å². The van der Waals surface area contributed by atoms with Crippen molar-refractivity contribution >= 4 is 0 Å². The molecule has 2 rings (SSSR count). The van der Waals surface area contributed by atoms with Crippen molar-refractivity contribution in [1.82, 2.24) is 0 Å². The molecule has 0 saturated heterocycles. The van der Waals surface area contributed by atoms with Crippen molar-refractivity contribution in [3.8, 4) is 0 Å². The average molecular weight is 200 g/mol. The van der Waals surface area contributed by atoms with Gasteiger partial charge in [0.25, 0.3) is 0 Å². The minimum atomic E-state index is 0.0255. The van der Waals surface area contributed by atoms with E-state index in [2.05, 4.69) is 0 Å². The Balaban J connectivity index is 0.000000146. The molecule has 0 aliphatic heterocycles. The predicted octanol–water partition coefficient (Wildman–Crippen LogP) is 2.62. The van der Waals surface area contributed by atoms with Crippen molar-refractivity contribution in [3.05, 3.63) is 0 Å². The first-order valence-corrected chi connectivity index (χ1v) is 6.15. The van der Waals surface area contributed by atoms with Crippen molar-refractivity contribution in [2.75, 3.05) is 0 Å².